The first kappa shape index (κ1) is 12.2. The molecule has 0 amide bonds. The van der Waals surface area contributed by atoms with Gasteiger partial charge in [-0.25, -0.2) is 4.39 Å². The Balaban J connectivity index is 1.99. The molecule has 1 aliphatic heterocycles. The Hall–Kier alpha value is -1.87. The highest BCUT2D eigenvalue weighted by molar-refractivity contribution is 5.70. The summed E-state index contributed by atoms with van der Waals surface area (Å²) in [4.78, 5) is 2.19. The standard InChI is InChI=1S/C16H17FN2/c1-18-11-12-8-14(17)10-15(9-12)19-7-6-13-4-2-3-5-16(13)19/h2-5,8-10,18H,6-7,11H2,1H3. The maximum Gasteiger partial charge on any atom is 0.125 e. The molecule has 0 radical (unpaired) electrons. The highest BCUT2D eigenvalue weighted by atomic mass is 19.1. The van der Waals surface area contributed by atoms with E-state index in [0.717, 1.165) is 24.2 Å². The van der Waals surface area contributed by atoms with E-state index in [-0.39, 0.29) is 5.82 Å². The van der Waals surface area contributed by atoms with Crippen molar-refractivity contribution < 1.29 is 4.39 Å². The van der Waals surface area contributed by atoms with Gasteiger partial charge < -0.3 is 10.2 Å². The van der Waals surface area contributed by atoms with Crippen molar-refractivity contribution >= 4 is 11.4 Å². The van der Waals surface area contributed by atoms with Gasteiger partial charge in [-0.2, -0.15) is 0 Å². The van der Waals surface area contributed by atoms with Crippen molar-refractivity contribution in [2.45, 2.75) is 13.0 Å². The molecule has 19 heavy (non-hydrogen) atoms. The van der Waals surface area contributed by atoms with E-state index in [1.807, 2.05) is 13.1 Å². The normalized spacial score (nSPS) is 13.7. The van der Waals surface area contributed by atoms with Gasteiger partial charge in [0.1, 0.15) is 5.82 Å². The van der Waals surface area contributed by atoms with Crippen LogP contribution in [-0.4, -0.2) is 13.6 Å². The minimum Gasteiger partial charge on any atom is -0.341 e. The van der Waals surface area contributed by atoms with Crippen LogP contribution < -0.4 is 10.2 Å². The highest BCUT2D eigenvalue weighted by Crippen LogP contribution is 2.34. The van der Waals surface area contributed by atoms with E-state index in [9.17, 15) is 4.39 Å². The number of nitrogens with zero attached hydrogens (tertiary/aromatic N) is 1. The van der Waals surface area contributed by atoms with E-state index in [0.29, 0.717) is 6.54 Å². The van der Waals surface area contributed by atoms with E-state index >= 15 is 0 Å². The maximum atomic E-state index is 13.7. The molecule has 0 spiro atoms. The second kappa shape index (κ2) is 5.02. The summed E-state index contributed by atoms with van der Waals surface area (Å²) in [7, 11) is 1.87. The first-order valence-corrected chi connectivity index (χ1v) is 6.57. The third-order valence-corrected chi connectivity index (χ3v) is 3.52. The zero-order valence-electron chi connectivity index (χ0n) is 11.0. The van der Waals surface area contributed by atoms with Crippen LogP contribution in [0.3, 0.4) is 0 Å². The molecule has 0 bridgehead atoms. The zero-order chi connectivity index (χ0) is 13.2. The van der Waals surface area contributed by atoms with Gasteiger partial charge in [0.25, 0.3) is 0 Å². The molecule has 1 aliphatic rings. The number of anilines is 2. The predicted octanol–water partition coefficient (Wildman–Crippen LogP) is 3.24. The van der Waals surface area contributed by atoms with Crippen LogP contribution in [0, 0.1) is 5.82 Å². The van der Waals surface area contributed by atoms with Gasteiger partial charge in [-0.05, 0) is 48.9 Å². The Labute approximate surface area is 112 Å². The lowest BCUT2D eigenvalue weighted by atomic mass is 10.1. The molecule has 1 N–H and O–H groups in total. The van der Waals surface area contributed by atoms with Gasteiger partial charge in [0, 0.05) is 24.5 Å². The monoisotopic (exact) mass is 256 g/mol. The lowest BCUT2D eigenvalue weighted by molar-refractivity contribution is 0.623. The number of rotatable bonds is 3. The van der Waals surface area contributed by atoms with Crippen LogP contribution in [0.5, 0.6) is 0 Å². The fourth-order valence-corrected chi connectivity index (χ4v) is 2.70. The Morgan fingerprint density at radius 1 is 1.21 bits per heavy atom. The van der Waals surface area contributed by atoms with Gasteiger partial charge in [-0.3, -0.25) is 0 Å². The molecule has 0 aromatic heterocycles. The summed E-state index contributed by atoms with van der Waals surface area (Å²) >= 11 is 0. The summed E-state index contributed by atoms with van der Waals surface area (Å²) in [6.07, 6.45) is 1.02. The van der Waals surface area contributed by atoms with Crippen molar-refractivity contribution in [3.63, 3.8) is 0 Å². The van der Waals surface area contributed by atoms with Gasteiger partial charge in [-0.1, -0.05) is 18.2 Å². The third kappa shape index (κ3) is 2.34. The van der Waals surface area contributed by atoms with Crippen LogP contribution in [0.4, 0.5) is 15.8 Å². The summed E-state index contributed by atoms with van der Waals surface area (Å²) in [5.74, 6) is -0.174. The summed E-state index contributed by atoms with van der Waals surface area (Å²) < 4.78 is 13.7. The number of nitrogens with one attached hydrogen (secondary N) is 1. The van der Waals surface area contributed by atoms with E-state index in [1.165, 1.54) is 11.3 Å². The topological polar surface area (TPSA) is 15.3 Å². The zero-order valence-corrected chi connectivity index (χ0v) is 11.0. The third-order valence-electron chi connectivity index (χ3n) is 3.52. The van der Waals surface area contributed by atoms with Crippen molar-refractivity contribution in [3.05, 3.63) is 59.4 Å². The molecule has 0 unspecified atom stereocenters. The Bertz CT molecular complexity index is 595. The van der Waals surface area contributed by atoms with Crippen molar-refractivity contribution in [2.24, 2.45) is 0 Å². The molecule has 2 aromatic carbocycles. The number of hydrogen-bond donors (Lipinski definition) is 1. The molecule has 3 heteroatoms. The van der Waals surface area contributed by atoms with E-state index in [1.54, 1.807) is 12.1 Å². The largest absolute Gasteiger partial charge is 0.341 e. The first-order chi connectivity index (χ1) is 9.28. The second-order valence-electron chi connectivity index (χ2n) is 4.88. The summed E-state index contributed by atoms with van der Waals surface area (Å²) in [5, 5.41) is 3.06. The second-order valence-corrected chi connectivity index (χ2v) is 4.88. The molecular weight excluding hydrogens is 239 g/mol. The Kier molecular flexibility index (Phi) is 3.22. The number of fused-ring (bicyclic) bond motifs is 1. The predicted molar refractivity (Wildman–Crippen MR) is 76.3 cm³/mol. The molecule has 0 saturated carbocycles. The molecule has 2 aromatic rings. The van der Waals surface area contributed by atoms with Gasteiger partial charge >= 0.3 is 0 Å². The Morgan fingerprint density at radius 3 is 2.89 bits per heavy atom. The lowest BCUT2D eigenvalue weighted by Gasteiger charge is -2.20. The van der Waals surface area contributed by atoms with Crippen LogP contribution in [-0.2, 0) is 13.0 Å². The average Bonchev–Trinajstić information content (AvgIpc) is 2.82. The fraction of sp³-hybridized carbons (Fsp3) is 0.250. The highest BCUT2D eigenvalue weighted by Gasteiger charge is 2.20. The molecule has 0 aliphatic carbocycles. The van der Waals surface area contributed by atoms with Crippen LogP contribution in [0.2, 0.25) is 0 Å². The number of para-hydroxylation sites is 1. The van der Waals surface area contributed by atoms with Gasteiger partial charge in [0.15, 0.2) is 0 Å². The van der Waals surface area contributed by atoms with Crippen molar-refractivity contribution in [2.75, 3.05) is 18.5 Å². The van der Waals surface area contributed by atoms with E-state index < -0.39 is 0 Å². The molecule has 0 fully saturated rings. The fourth-order valence-electron chi connectivity index (χ4n) is 2.70. The molecule has 2 nitrogen and oxygen atoms in total. The van der Waals surface area contributed by atoms with Crippen LogP contribution in [0.1, 0.15) is 11.1 Å². The van der Waals surface area contributed by atoms with Crippen molar-refractivity contribution in [1.82, 2.24) is 5.32 Å². The molecule has 98 valence electrons. The smallest absolute Gasteiger partial charge is 0.125 e. The lowest BCUT2D eigenvalue weighted by Crippen LogP contribution is -2.14. The molecule has 0 saturated heterocycles. The molecular formula is C16H17FN2. The minimum absolute atomic E-state index is 0.174. The van der Waals surface area contributed by atoms with Gasteiger partial charge in [0.2, 0.25) is 0 Å². The number of halogens is 1. The van der Waals surface area contributed by atoms with Crippen LogP contribution in [0.25, 0.3) is 0 Å². The average molecular weight is 256 g/mol. The summed E-state index contributed by atoms with van der Waals surface area (Å²) in [6.45, 7) is 1.60. The van der Waals surface area contributed by atoms with Gasteiger partial charge in [-0.15, -0.1) is 0 Å². The van der Waals surface area contributed by atoms with Crippen LogP contribution >= 0.6 is 0 Å². The van der Waals surface area contributed by atoms with Crippen molar-refractivity contribution in [1.29, 1.82) is 0 Å². The summed E-state index contributed by atoms with van der Waals surface area (Å²) in [5.41, 5.74) is 4.45. The minimum atomic E-state index is -0.174. The van der Waals surface area contributed by atoms with Crippen LogP contribution in [0.15, 0.2) is 42.5 Å². The van der Waals surface area contributed by atoms with Gasteiger partial charge in [0.05, 0.1) is 0 Å². The SMILES string of the molecule is CNCc1cc(F)cc(N2CCc3ccccc32)c1. The quantitative estimate of drug-likeness (QED) is 0.907. The van der Waals surface area contributed by atoms with Crippen molar-refractivity contribution in [3.8, 4) is 0 Å². The van der Waals surface area contributed by atoms with E-state index in [2.05, 4.69) is 34.5 Å². The Morgan fingerprint density at radius 2 is 2.05 bits per heavy atom. The number of hydrogen-bond acceptors (Lipinski definition) is 2. The maximum absolute atomic E-state index is 13.7. The first-order valence-electron chi connectivity index (χ1n) is 6.57. The molecule has 0 atom stereocenters. The molecule has 3 rings (SSSR count). The molecule has 1 heterocycles. The van der Waals surface area contributed by atoms with E-state index in [4.69, 9.17) is 0 Å². The summed E-state index contributed by atoms with van der Waals surface area (Å²) in [6, 6.07) is 13.6. The number of benzene rings is 2.